The van der Waals surface area contributed by atoms with Crippen molar-refractivity contribution in [2.24, 2.45) is 0 Å². The molecule has 6 nitrogen and oxygen atoms in total. The minimum absolute atomic E-state index is 0.0403. The molecule has 0 atom stereocenters. The highest BCUT2D eigenvalue weighted by atomic mass is 16.4. The van der Waals surface area contributed by atoms with E-state index in [1.807, 2.05) is 13.8 Å². The molecule has 1 heterocycles. The van der Waals surface area contributed by atoms with Crippen LogP contribution in [0.15, 0.2) is 18.3 Å². The summed E-state index contributed by atoms with van der Waals surface area (Å²) in [4.78, 5) is 25.8. The molecule has 0 aliphatic rings. The van der Waals surface area contributed by atoms with Crippen molar-refractivity contribution in [1.29, 1.82) is 0 Å². The molecule has 0 saturated carbocycles. The molecule has 6 heteroatoms. The van der Waals surface area contributed by atoms with Crippen LogP contribution in [-0.2, 0) is 9.59 Å². The van der Waals surface area contributed by atoms with E-state index in [4.69, 9.17) is 5.11 Å². The number of amides is 1. The van der Waals surface area contributed by atoms with E-state index in [1.165, 1.54) is 6.20 Å². The number of aromatic nitrogens is 1. The fourth-order valence-corrected chi connectivity index (χ4v) is 1.29. The van der Waals surface area contributed by atoms with Crippen LogP contribution in [0, 0.1) is 0 Å². The van der Waals surface area contributed by atoms with Gasteiger partial charge in [0.2, 0.25) is 5.91 Å². The van der Waals surface area contributed by atoms with E-state index in [1.54, 1.807) is 12.1 Å². The maximum absolute atomic E-state index is 11.4. The molecular formula is C12H17N3O3. The molecule has 0 fully saturated rings. The lowest BCUT2D eigenvalue weighted by molar-refractivity contribution is -0.138. The summed E-state index contributed by atoms with van der Waals surface area (Å²) in [5, 5.41) is 14.2. The summed E-state index contributed by atoms with van der Waals surface area (Å²) < 4.78 is 0. The standard InChI is InChI=1S/C12H17N3O3/c1-8(2)14-10-4-3-9(7-13-10)15-11(16)5-6-12(17)18/h3-4,7-8H,5-6H2,1-2H3,(H,13,14)(H,15,16)(H,17,18). The Morgan fingerprint density at radius 3 is 2.56 bits per heavy atom. The third kappa shape index (κ3) is 5.29. The topological polar surface area (TPSA) is 91.3 Å². The summed E-state index contributed by atoms with van der Waals surface area (Å²) in [6, 6.07) is 3.76. The van der Waals surface area contributed by atoms with Gasteiger partial charge in [-0.25, -0.2) is 4.98 Å². The Kier molecular flexibility index (Phi) is 5.10. The van der Waals surface area contributed by atoms with Crippen LogP contribution in [0.3, 0.4) is 0 Å². The highest BCUT2D eigenvalue weighted by Gasteiger charge is 2.06. The van der Waals surface area contributed by atoms with Gasteiger partial charge in [-0.3, -0.25) is 9.59 Å². The first-order valence-corrected chi connectivity index (χ1v) is 5.71. The number of carbonyl (C=O) groups excluding carboxylic acids is 1. The molecule has 3 N–H and O–H groups in total. The van der Waals surface area contributed by atoms with E-state index in [-0.39, 0.29) is 24.8 Å². The van der Waals surface area contributed by atoms with E-state index >= 15 is 0 Å². The Morgan fingerprint density at radius 1 is 1.33 bits per heavy atom. The van der Waals surface area contributed by atoms with Crippen LogP contribution in [0.2, 0.25) is 0 Å². The predicted octanol–water partition coefficient (Wildman–Crippen LogP) is 1.71. The predicted molar refractivity (Wildman–Crippen MR) is 68.5 cm³/mol. The Morgan fingerprint density at radius 2 is 2.06 bits per heavy atom. The number of pyridine rings is 1. The summed E-state index contributed by atoms with van der Waals surface area (Å²) in [6.07, 6.45) is 1.32. The van der Waals surface area contributed by atoms with Gasteiger partial charge in [0, 0.05) is 12.5 Å². The molecule has 0 aromatic carbocycles. The zero-order valence-electron chi connectivity index (χ0n) is 10.4. The zero-order chi connectivity index (χ0) is 13.5. The van der Waals surface area contributed by atoms with Crippen LogP contribution >= 0.6 is 0 Å². The number of hydrogen-bond donors (Lipinski definition) is 3. The number of carboxylic acids is 1. The second-order valence-corrected chi connectivity index (χ2v) is 4.17. The Balaban J connectivity index is 2.48. The van der Waals surface area contributed by atoms with Crippen LogP contribution < -0.4 is 10.6 Å². The van der Waals surface area contributed by atoms with Crippen molar-refractivity contribution in [3.05, 3.63) is 18.3 Å². The fourth-order valence-electron chi connectivity index (χ4n) is 1.29. The second-order valence-electron chi connectivity index (χ2n) is 4.17. The molecule has 0 radical (unpaired) electrons. The maximum atomic E-state index is 11.4. The third-order valence-corrected chi connectivity index (χ3v) is 2.05. The summed E-state index contributed by atoms with van der Waals surface area (Å²) in [7, 11) is 0. The van der Waals surface area contributed by atoms with Crippen LogP contribution in [0.1, 0.15) is 26.7 Å². The van der Waals surface area contributed by atoms with Gasteiger partial charge in [-0.2, -0.15) is 0 Å². The van der Waals surface area contributed by atoms with Crippen molar-refractivity contribution in [2.45, 2.75) is 32.7 Å². The fraction of sp³-hybridized carbons (Fsp3) is 0.417. The van der Waals surface area contributed by atoms with E-state index in [9.17, 15) is 9.59 Å². The molecule has 1 rings (SSSR count). The van der Waals surface area contributed by atoms with Gasteiger partial charge >= 0.3 is 5.97 Å². The van der Waals surface area contributed by atoms with Gasteiger partial charge in [0.15, 0.2) is 0 Å². The highest BCUT2D eigenvalue weighted by molar-refractivity contribution is 5.92. The molecule has 0 aliphatic heterocycles. The average molecular weight is 251 g/mol. The monoisotopic (exact) mass is 251 g/mol. The minimum atomic E-state index is -0.986. The maximum Gasteiger partial charge on any atom is 0.303 e. The largest absolute Gasteiger partial charge is 0.481 e. The van der Waals surface area contributed by atoms with Gasteiger partial charge < -0.3 is 15.7 Å². The number of carbonyl (C=O) groups is 2. The molecule has 1 amide bonds. The van der Waals surface area contributed by atoms with Crippen molar-refractivity contribution < 1.29 is 14.7 Å². The molecule has 0 aliphatic carbocycles. The number of aliphatic carboxylic acids is 1. The van der Waals surface area contributed by atoms with Gasteiger partial charge in [-0.15, -0.1) is 0 Å². The van der Waals surface area contributed by atoms with Crippen molar-refractivity contribution in [2.75, 3.05) is 10.6 Å². The number of carboxylic acid groups (broad SMARTS) is 1. The van der Waals surface area contributed by atoms with E-state index in [0.29, 0.717) is 5.69 Å². The molecule has 1 aromatic rings. The summed E-state index contributed by atoms with van der Waals surface area (Å²) in [6.45, 7) is 4.01. The number of hydrogen-bond acceptors (Lipinski definition) is 4. The first-order chi connectivity index (χ1) is 8.47. The van der Waals surface area contributed by atoms with Crippen molar-refractivity contribution in [3.8, 4) is 0 Å². The second kappa shape index (κ2) is 6.58. The number of nitrogens with one attached hydrogen (secondary N) is 2. The van der Waals surface area contributed by atoms with Crippen molar-refractivity contribution in [3.63, 3.8) is 0 Å². The molecule has 98 valence electrons. The molecule has 1 aromatic heterocycles. The summed E-state index contributed by atoms with van der Waals surface area (Å²) >= 11 is 0. The van der Waals surface area contributed by atoms with E-state index < -0.39 is 5.97 Å². The lowest BCUT2D eigenvalue weighted by atomic mass is 10.3. The number of anilines is 2. The third-order valence-electron chi connectivity index (χ3n) is 2.05. The molecular weight excluding hydrogens is 234 g/mol. The van der Waals surface area contributed by atoms with Gasteiger partial charge in [-0.1, -0.05) is 0 Å². The minimum Gasteiger partial charge on any atom is -0.481 e. The van der Waals surface area contributed by atoms with Crippen LogP contribution in [-0.4, -0.2) is 28.0 Å². The van der Waals surface area contributed by atoms with Gasteiger partial charge in [0.05, 0.1) is 18.3 Å². The van der Waals surface area contributed by atoms with Crippen LogP contribution in [0.5, 0.6) is 0 Å². The first kappa shape index (κ1) is 14.0. The Bertz CT molecular complexity index is 415. The Labute approximate surface area is 105 Å². The van der Waals surface area contributed by atoms with Gasteiger partial charge in [0.25, 0.3) is 0 Å². The highest BCUT2D eigenvalue weighted by Crippen LogP contribution is 2.11. The van der Waals surface area contributed by atoms with Gasteiger partial charge in [-0.05, 0) is 26.0 Å². The average Bonchev–Trinajstić information content (AvgIpc) is 2.28. The number of rotatable bonds is 6. The van der Waals surface area contributed by atoms with Crippen LogP contribution in [0.4, 0.5) is 11.5 Å². The quantitative estimate of drug-likeness (QED) is 0.715. The smallest absolute Gasteiger partial charge is 0.303 e. The summed E-state index contributed by atoms with van der Waals surface area (Å²) in [5.74, 6) is -0.586. The van der Waals surface area contributed by atoms with Crippen LogP contribution in [0.25, 0.3) is 0 Å². The zero-order valence-corrected chi connectivity index (χ0v) is 10.4. The lowest BCUT2D eigenvalue weighted by Crippen LogP contribution is -2.14. The first-order valence-electron chi connectivity index (χ1n) is 5.71. The normalized spacial score (nSPS) is 10.2. The van der Waals surface area contributed by atoms with Gasteiger partial charge in [0.1, 0.15) is 5.82 Å². The molecule has 0 unspecified atom stereocenters. The molecule has 0 spiro atoms. The molecule has 18 heavy (non-hydrogen) atoms. The lowest BCUT2D eigenvalue weighted by Gasteiger charge is -2.09. The van der Waals surface area contributed by atoms with Crippen molar-refractivity contribution in [1.82, 2.24) is 4.98 Å². The van der Waals surface area contributed by atoms with E-state index in [2.05, 4.69) is 15.6 Å². The van der Waals surface area contributed by atoms with E-state index in [0.717, 1.165) is 5.82 Å². The van der Waals surface area contributed by atoms with Crippen molar-refractivity contribution >= 4 is 23.4 Å². The SMILES string of the molecule is CC(C)Nc1ccc(NC(=O)CCC(=O)O)cn1. The molecule has 0 saturated heterocycles. The number of nitrogens with zero attached hydrogens (tertiary/aromatic N) is 1. The summed E-state index contributed by atoms with van der Waals surface area (Å²) in [5.41, 5.74) is 0.555. The Hall–Kier alpha value is -2.11. The molecule has 0 bridgehead atoms.